The Bertz CT molecular complexity index is 385. The molecule has 0 aliphatic rings. The molecule has 0 aliphatic carbocycles. The van der Waals surface area contributed by atoms with E-state index in [1.165, 1.54) is 24.0 Å². The molecule has 0 saturated carbocycles. The number of halogens is 1. The van der Waals surface area contributed by atoms with Crippen molar-refractivity contribution in [1.29, 1.82) is 0 Å². The van der Waals surface area contributed by atoms with Gasteiger partial charge in [-0.15, -0.1) is 0 Å². The van der Waals surface area contributed by atoms with Crippen LogP contribution in [-0.4, -0.2) is 11.0 Å². The molecule has 0 N–H and O–H groups in total. The van der Waals surface area contributed by atoms with Crippen molar-refractivity contribution in [1.82, 2.24) is 0 Å². The highest BCUT2D eigenvalue weighted by Gasteiger charge is 2.26. The van der Waals surface area contributed by atoms with Gasteiger partial charge >= 0.3 is 0 Å². The molecule has 1 nitrogen and oxygen atoms in total. The Kier molecular flexibility index (Phi) is 7.52. The first-order valence-corrected chi connectivity index (χ1v) is 9.25. The zero-order chi connectivity index (χ0) is 15.2. The number of hydrogen-bond donors (Lipinski definition) is 0. The number of hydrogen-bond acceptors (Lipinski definition) is 1. The normalized spacial score (nSPS) is 16.1. The van der Waals surface area contributed by atoms with E-state index >= 15 is 0 Å². The van der Waals surface area contributed by atoms with Gasteiger partial charge in [0.2, 0.25) is 0 Å². The van der Waals surface area contributed by atoms with Gasteiger partial charge in [-0.2, -0.15) is 0 Å². The highest BCUT2D eigenvalue weighted by atomic mass is 127. The molecule has 2 unspecified atom stereocenters. The van der Waals surface area contributed by atoms with Crippen molar-refractivity contribution in [3.05, 3.63) is 35.4 Å². The minimum atomic E-state index is -0.169. The summed E-state index contributed by atoms with van der Waals surface area (Å²) >= 11 is 2.43. The van der Waals surface area contributed by atoms with Crippen LogP contribution in [0.3, 0.4) is 0 Å². The first kappa shape index (κ1) is 18.0. The van der Waals surface area contributed by atoms with Crippen LogP contribution < -0.4 is 0 Å². The van der Waals surface area contributed by atoms with Crippen molar-refractivity contribution in [3.63, 3.8) is 0 Å². The first-order chi connectivity index (χ1) is 9.42. The minimum Gasteiger partial charge on any atom is -0.370 e. The number of ether oxygens (including phenoxy) is 1. The van der Waals surface area contributed by atoms with Gasteiger partial charge in [-0.3, -0.25) is 0 Å². The van der Waals surface area contributed by atoms with Crippen LogP contribution in [0.15, 0.2) is 24.3 Å². The Hall–Kier alpha value is -0.0900. The summed E-state index contributed by atoms with van der Waals surface area (Å²) in [7, 11) is 0. The second-order valence-corrected chi connectivity index (χ2v) is 7.11. The molecule has 2 atom stereocenters. The Labute approximate surface area is 138 Å². The molecular formula is C18H29IO. The van der Waals surface area contributed by atoms with E-state index in [1.54, 1.807) is 0 Å². The lowest BCUT2D eigenvalue weighted by atomic mass is 9.94. The van der Waals surface area contributed by atoms with Gasteiger partial charge in [0.1, 0.15) is 0 Å². The van der Waals surface area contributed by atoms with Crippen LogP contribution in [0.2, 0.25) is 0 Å². The Morgan fingerprint density at radius 3 is 2.20 bits per heavy atom. The molecule has 0 spiro atoms. The summed E-state index contributed by atoms with van der Waals surface area (Å²) < 4.78 is 7.25. The minimum absolute atomic E-state index is 0.169. The third kappa shape index (κ3) is 5.03. The zero-order valence-corrected chi connectivity index (χ0v) is 15.7. The monoisotopic (exact) mass is 388 g/mol. The molecule has 0 amide bonds. The molecular weight excluding hydrogens is 359 g/mol. The lowest BCUT2D eigenvalue weighted by Gasteiger charge is -2.30. The summed E-state index contributed by atoms with van der Waals surface area (Å²) in [5, 5.41) is 0. The molecule has 0 bridgehead atoms. The molecule has 1 aromatic rings. The van der Waals surface area contributed by atoms with Gasteiger partial charge in [-0.05, 0) is 36.3 Å². The van der Waals surface area contributed by atoms with Gasteiger partial charge in [0.25, 0.3) is 0 Å². The highest BCUT2D eigenvalue weighted by molar-refractivity contribution is 14.1. The topological polar surface area (TPSA) is 9.23 Å². The highest BCUT2D eigenvalue weighted by Crippen LogP contribution is 2.30. The maximum absolute atomic E-state index is 6.27. The van der Waals surface area contributed by atoms with Crippen LogP contribution in [-0.2, 0) is 10.3 Å². The number of alkyl halides is 1. The fourth-order valence-electron chi connectivity index (χ4n) is 2.32. The largest absolute Gasteiger partial charge is 0.370 e. The number of rotatable bonds is 8. The van der Waals surface area contributed by atoms with Crippen molar-refractivity contribution in [2.45, 2.75) is 59.0 Å². The summed E-state index contributed by atoms with van der Waals surface area (Å²) in [6, 6.07) is 8.95. The lowest BCUT2D eigenvalue weighted by molar-refractivity contribution is -0.0325. The van der Waals surface area contributed by atoms with Gasteiger partial charge in [0, 0.05) is 4.43 Å². The Morgan fingerprint density at radius 2 is 1.75 bits per heavy atom. The van der Waals surface area contributed by atoms with Gasteiger partial charge in [-0.1, -0.05) is 81.0 Å². The van der Waals surface area contributed by atoms with Gasteiger partial charge < -0.3 is 4.74 Å². The third-order valence-electron chi connectivity index (χ3n) is 3.91. The van der Waals surface area contributed by atoms with Crippen molar-refractivity contribution < 1.29 is 4.74 Å². The average Bonchev–Trinajstić information content (AvgIpc) is 2.45. The Balaban J connectivity index is 2.76. The first-order valence-electron chi connectivity index (χ1n) is 7.73. The molecule has 0 aliphatic heterocycles. The van der Waals surface area contributed by atoms with Gasteiger partial charge in [-0.25, -0.2) is 0 Å². The van der Waals surface area contributed by atoms with Crippen molar-refractivity contribution >= 4 is 22.6 Å². The van der Waals surface area contributed by atoms with Crippen molar-refractivity contribution in [3.8, 4) is 0 Å². The molecule has 1 aromatic carbocycles. The predicted molar refractivity (Wildman–Crippen MR) is 96.8 cm³/mol. The Morgan fingerprint density at radius 1 is 1.15 bits per heavy atom. The molecule has 114 valence electrons. The lowest BCUT2D eigenvalue weighted by Crippen LogP contribution is -2.30. The molecule has 0 aromatic heterocycles. The van der Waals surface area contributed by atoms with Crippen LogP contribution in [0.4, 0.5) is 0 Å². The van der Waals surface area contributed by atoms with E-state index in [-0.39, 0.29) is 5.60 Å². The SMILES string of the molecule is CCCC(C)COC(C)(CI)c1ccc(C(C)C)cc1. The number of benzene rings is 1. The average molecular weight is 388 g/mol. The molecule has 0 saturated heterocycles. The summed E-state index contributed by atoms with van der Waals surface area (Å²) in [5.74, 6) is 1.22. The van der Waals surface area contributed by atoms with Crippen molar-refractivity contribution in [2.24, 2.45) is 5.92 Å². The quantitative estimate of drug-likeness (QED) is 0.397. The molecule has 2 heteroatoms. The van der Waals surface area contributed by atoms with Crippen LogP contribution >= 0.6 is 22.6 Å². The molecule has 0 radical (unpaired) electrons. The summed E-state index contributed by atoms with van der Waals surface area (Å²) in [6.07, 6.45) is 2.47. The van der Waals surface area contributed by atoms with Gasteiger partial charge in [0.05, 0.1) is 12.2 Å². The smallest absolute Gasteiger partial charge is 0.0992 e. The molecule has 20 heavy (non-hydrogen) atoms. The van der Waals surface area contributed by atoms with Crippen LogP contribution in [0.5, 0.6) is 0 Å². The standard InChI is InChI=1S/C18H29IO/c1-6-7-15(4)12-20-18(5,13-19)17-10-8-16(9-11-17)14(2)3/h8-11,14-15H,6-7,12-13H2,1-5H3. The maximum atomic E-state index is 6.27. The maximum Gasteiger partial charge on any atom is 0.0992 e. The fourth-order valence-corrected chi connectivity index (χ4v) is 2.98. The van der Waals surface area contributed by atoms with E-state index in [1.807, 2.05) is 0 Å². The van der Waals surface area contributed by atoms with Crippen LogP contribution in [0.1, 0.15) is 64.5 Å². The van der Waals surface area contributed by atoms with Gasteiger partial charge in [0.15, 0.2) is 0 Å². The van der Waals surface area contributed by atoms with E-state index < -0.39 is 0 Å². The van der Waals surface area contributed by atoms with Crippen molar-refractivity contribution in [2.75, 3.05) is 11.0 Å². The van der Waals surface area contributed by atoms with Crippen LogP contribution in [0.25, 0.3) is 0 Å². The second-order valence-electron chi connectivity index (χ2n) is 6.35. The van der Waals surface area contributed by atoms with E-state index in [9.17, 15) is 0 Å². The summed E-state index contributed by atoms with van der Waals surface area (Å²) in [6.45, 7) is 12.0. The summed E-state index contributed by atoms with van der Waals surface area (Å²) in [5.41, 5.74) is 2.52. The second kappa shape index (κ2) is 8.38. The third-order valence-corrected chi connectivity index (χ3v) is 5.37. The van der Waals surface area contributed by atoms with E-state index in [0.29, 0.717) is 11.8 Å². The molecule has 0 fully saturated rings. The molecule has 1 rings (SSSR count). The van der Waals surface area contributed by atoms with E-state index in [2.05, 4.69) is 81.5 Å². The molecule has 0 heterocycles. The predicted octanol–water partition coefficient (Wildman–Crippen LogP) is 5.91. The van der Waals surface area contributed by atoms with E-state index in [0.717, 1.165) is 11.0 Å². The zero-order valence-electron chi connectivity index (χ0n) is 13.6. The summed E-state index contributed by atoms with van der Waals surface area (Å²) in [4.78, 5) is 0. The van der Waals surface area contributed by atoms with E-state index in [4.69, 9.17) is 4.74 Å². The fraction of sp³-hybridized carbons (Fsp3) is 0.667. The van der Waals surface area contributed by atoms with Crippen LogP contribution in [0, 0.1) is 5.92 Å².